The Morgan fingerprint density at radius 3 is 1.08 bits per heavy atom. The Labute approximate surface area is 78.8 Å². The van der Waals surface area contributed by atoms with E-state index in [0.717, 1.165) is 23.7 Å². The molecular formula is C12H26. The van der Waals surface area contributed by atoms with Gasteiger partial charge >= 0.3 is 0 Å². The predicted molar refractivity (Wildman–Crippen MR) is 57.2 cm³/mol. The van der Waals surface area contributed by atoms with Crippen LogP contribution < -0.4 is 0 Å². The van der Waals surface area contributed by atoms with Crippen molar-refractivity contribution in [1.29, 1.82) is 0 Å². The van der Waals surface area contributed by atoms with Crippen molar-refractivity contribution in [3.05, 3.63) is 0 Å². The third-order valence-corrected chi connectivity index (χ3v) is 4.75. The molecule has 0 nitrogen and oxygen atoms in total. The lowest BCUT2D eigenvalue weighted by Gasteiger charge is -2.30. The zero-order valence-electron chi connectivity index (χ0n) is 8.81. The van der Waals surface area contributed by atoms with Gasteiger partial charge in [0.15, 0.2) is 0 Å². The van der Waals surface area contributed by atoms with Gasteiger partial charge in [-0.05, 0) is 29.1 Å². The van der Waals surface area contributed by atoms with Crippen molar-refractivity contribution in [2.45, 2.75) is 49.0 Å². The number of rotatable bonds is 0. The molecule has 0 bridgehead atoms. The largest absolute Gasteiger partial charge is 0.0776 e. The molecule has 0 aromatic heterocycles. The number of hydrogen-bond donors (Lipinski definition) is 0. The lowest BCUT2D eigenvalue weighted by molar-refractivity contribution is 0.193. The zero-order valence-corrected chi connectivity index (χ0v) is 8.81. The maximum Gasteiger partial charge on any atom is -0.0298 e. The summed E-state index contributed by atoms with van der Waals surface area (Å²) >= 11 is 0. The summed E-state index contributed by atoms with van der Waals surface area (Å²) in [5.41, 5.74) is 0.554. The summed E-state index contributed by atoms with van der Waals surface area (Å²) < 4.78 is 0. The fraction of sp³-hybridized carbons (Fsp3) is 1.00. The van der Waals surface area contributed by atoms with Crippen LogP contribution in [0, 0.1) is 29.1 Å². The van der Waals surface area contributed by atoms with Crippen molar-refractivity contribution >= 4 is 0 Å². The van der Waals surface area contributed by atoms with E-state index in [-0.39, 0.29) is 7.43 Å². The van der Waals surface area contributed by atoms with Crippen LogP contribution in [0.5, 0.6) is 0 Å². The average Bonchev–Trinajstić information content (AvgIpc) is 2.06. The molecule has 1 aliphatic rings. The Balaban J connectivity index is 0.00000121. The lowest BCUT2D eigenvalue weighted by Crippen LogP contribution is -2.22. The van der Waals surface area contributed by atoms with E-state index in [1.165, 1.54) is 0 Å². The monoisotopic (exact) mass is 170 g/mol. The van der Waals surface area contributed by atoms with Gasteiger partial charge in [-0.3, -0.25) is 0 Å². The van der Waals surface area contributed by atoms with Crippen LogP contribution in [0.25, 0.3) is 0 Å². The second kappa shape index (κ2) is 3.40. The Hall–Kier alpha value is 0. The molecule has 12 heavy (non-hydrogen) atoms. The summed E-state index contributed by atoms with van der Waals surface area (Å²) in [6.45, 7) is 14.5. The highest BCUT2D eigenvalue weighted by atomic mass is 14.5. The Morgan fingerprint density at radius 2 is 1.00 bits per heavy atom. The SMILES string of the molecule is C.CC1C(C)C(C)C(C)(C)C1C. The maximum absolute atomic E-state index is 2.42. The summed E-state index contributed by atoms with van der Waals surface area (Å²) in [6, 6.07) is 0. The molecule has 1 aliphatic carbocycles. The Kier molecular flexibility index (Phi) is 3.40. The summed E-state index contributed by atoms with van der Waals surface area (Å²) in [7, 11) is 0. The van der Waals surface area contributed by atoms with Crippen LogP contribution in [0.15, 0.2) is 0 Å². The molecule has 0 heteroatoms. The van der Waals surface area contributed by atoms with Gasteiger partial charge in [-0.2, -0.15) is 0 Å². The van der Waals surface area contributed by atoms with Crippen LogP contribution >= 0.6 is 0 Å². The third kappa shape index (κ3) is 1.41. The van der Waals surface area contributed by atoms with Gasteiger partial charge in [0.2, 0.25) is 0 Å². The molecule has 4 unspecified atom stereocenters. The fourth-order valence-electron chi connectivity index (χ4n) is 2.68. The molecule has 0 heterocycles. The first kappa shape index (κ1) is 12.0. The maximum atomic E-state index is 2.42. The molecule has 0 aromatic carbocycles. The van der Waals surface area contributed by atoms with E-state index in [0.29, 0.717) is 5.41 Å². The molecule has 1 fully saturated rings. The molecule has 0 spiro atoms. The van der Waals surface area contributed by atoms with Gasteiger partial charge in [0, 0.05) is 0 Å². The Morgan fingerprint density at radius 1 is 0.750 bits per heavy atom. The summed E-state index contributed by atoms with van der Waals surface area (Å²) in [4.78, 5) is 0. The standard InChI is InChI=1S/C11H22.CH4/c1-7-8(2)10(4)11(5,6)9(7)3;/h7-10H,1-6H3;1H4. The van der Waals surface area contributed by atoms with E-state index >= 15 is 0 Å². The fourth-order valence-corrected chi connectivity index (χ4v) is 2.68. The van der Waals surface area contributed by atoms with Gasteiger partial charge in [-0.1, -0.05) is 49.0 Å². The van der Waals surface area contributed by atoms with Gasteiger partial charge in [0.05, 0.1) is 0 Å². The van der Waals surface area contributed by atoms with E-state index in [1.807, 2.05) is 0 Å². The second-order valence-corrected chi connectivity index (χ2v) is 5.12. The van der Waals surface area contributed by atoms with E-state index in [4.69, 9.17) is 0 Å². The molecule has 0 radical (unpaired) electrons. The minimum absolute atomic E-state index is 0. The second-order valence-electron chi connectivity index (χ2n) is 5.12. The molecule has 1 saturated carbocycles. The molecule has 74 valence electrons. The van der Waals surface area contributed by atoms with Gasteiger partial charge in [-0.15, -0.1) is 0 Å². The summed E-state index contributed by atoms with van der Waals surface area (Å²) in [5, 5.41) is 0. The van der Waals surface area contributed by atoms with Crippen LogP contribution in [0.1, 0.15) is 49.0 Å². The molecular weight excluding hydrogens is 144 g/mol. The molecule has 0 amide bonds. The van der Waals surface area contributed by atoms with Crippen molar-refractivity contribution in [3.8, 4) is 0 Å². The quantitative estimate of drug-likeness (QED) is 0.511. The van der Waals surface area contributed by atoms with Crippen LogP contribution in [0.2, 0.25) is 0 Å². The van der Waals surface area contributed by atoms with Crippen molar-refractivity contribution < 1.29 is 0 Å². The van der Waals surface area contributed by atoms with E-state index in [1.54, 1.807) is 0 Å². The smallest absolute Gasteiger partial charge is 0.0298 e. The van der Waals surface area contributed by atoms with E-state index in [9.17, 15) is 0 Å². The Bertz CT molecular complexity index is 130. The minimum Gasteiger partial charge on any atom is -0.0776 e. The summed E-state index contributed by atoms with van der Waals surface area (Å²) in [5.74, 6) is 3.57. The highest BCUT2D eigenvalue weighted by molar-refractivity contribution is 4.95. The van der Waals surface area contributed by atoms with Gasteiger partial charge in [0.25, 0.3) is 0 Å². The van der Waals surface area contributed by atoms with Crippen LogP contribution in [0.4, 0.5) is 0 Å². The highest BCUT2D eigenvalue weighted by Gasteiger charge is 2.46. The first-order chi connectivity index (χ1) is 4.89. The van der Waals surface area contributed by atoms with Crippen molar-refractivity contribution in [1.82, 2.24) is 0 Å². The predicted octanol–water partition coefficient (Wildman–Crippen LogP) is 4.21. The molecule has 1 rings (SSSR count). The first-order valence-corrected chi connectivity index (χ1v) is 4.89. The number of hydrogen-bond acceptors (Lipinski definition) is 0. The summed E-state index contributed by atoms with van der Waals surface area (Å²) in [6.07, 6.45) is 0. The lowest BCUT2D eigenvalue weighted by atomic mass is 9.76. The van der Waals surface area contributed by atoms with Crippen molar-refractivity contribution in [3.63, 3.8) is 0 Å². The molecule has 0 aromatic rings. The van der Waals surface area contributed by atoms with Crippen LogP contribution in [-0.4, -0.2) is 0 Å². The van der Waals surface area contributed by atoms with Crippen LogP contribution in [-0.2, 0) is 0 Å². The highest BCUT2D eigenvalue weighted by Crippen LogP contribution is 2.53. The van der Waals surface area contributed by atoms with Crippen molar-refractivity contribution in [2.75, 3.05) is 0 Å². The minimum atomic E-state index is 0. The average molecular weight is 170 g/mol. The first-order valence-electron chi connectivity index (χ1n) is 4.89. The molecule has 4 atom stereocenters. The normalized spacial score (nSPS) is 45.5. The third-order valence-electron chi connectivity index (χ3n) is 4.75. The topological polar surface area (TPSA) is 0 Å². The van der Waals surface area contributed by atoms with Crippen molar-refractivity contribution in [2.24, 2.45) is 29.1 Å². The van der Waals surface area contributed by atoms with E-state index < -0.39 is 0 Å². The van der Waals surface area contributed by atoms with Gasteiger partial charge < -0.3 is 0 Å². The zero-order chi connectivity index (χ0) is 8.81. The van der Waals surface area contributed by atoms with Gasteiger partial charge in [0.1, 0.15) is 0 Å². The molecule has 0 N–H and O–H groups in total. The van der Waals surface area contributed by atoms with E-state index in [2.05, 4.69) is 41.5 Å². The van der Waals surface area contributed by atoms with Gasteiger partial charge in [-0.25, -0.2) is 0 Å². The molecule has 0 aliphatic heterocycles. The van der Waals surface area contributed by atoms with Crippen LogP contribution in [0.3, 0.4) is 0 Å². The molecule has 0 saturated heterocycles.